The number of nitrogens with two attached hydrogens (primary N) is 1. The van der Waals surface area contributed by atoms with Gasteiger partial charge in [0, 0.05) is 24.3 Å². The molecule has 1 aliphatic rings. The lowest BCUT2D eigenvalue weighted by atomic mass is 10.1. The molecular formula is C14H18ClN3O. The Morgan fingerprint density at radius 3 is 2.95 bits per heavy atom. The summed E-state index contributed by atoms with van der Waals surface area (Å²) in [6, 6.07) is 3.04. The number of nitrogens with zero attached hydrogens (tertiary/aromatic N) is 1. The van der Waals surface area contributed by atoms with Crippen LogP contribution in [0.3, 0.4) is 0 Å². The van der Waals surface area contributed by atoms with Crippen LogP contribution in [-0.2, 0) is 4.79 Å². The predicted octanol–water partition coefficient (Wildman–Crippen LogP) is 2.69. The molecule has 1 amide bonds. The van der Waals surface area contributed by atoms with Crippen molar-refractivity contribution in [3.8, 4) is 0 Å². The Bertz CT molecular complexity index is 516. The van der Waals surface area contributed by atoms with Gasteiger partial charge in [-0.3, -0.25) is 4.79 Å². The molecule has 0 aliphatic carbocycles. The van der Waals surface area contributed by atoms with Crippen molar-refractivity contribution in [3.05, 3.63) is 35.4 Å². The summed E-state index contributed by atoms with van der Waals surface area (Å²) in [6.45, 7) is 7.46. The summed E-state index contributed by atoms with van der Waals surface area (Å²) in [5, 5.41) is 3.39. The van der Waals surface area contributed by atoms with E-state index in [9.17, 15) is 4.79 Å². The fraction of sp³-hybridized carbons (Fsp3) is 0.357. The molecule has 1 aromatic carbocycles. The van der Waals surface area contributed by atoms with Gasteiger partial charge in [-0.25, -0.2) is 0 Å². The zero-order valence-corrected chi connectivity index (χ0v) is 11.7. The van der Waals surface area contributed by atoms with E-state index in [1.807, 2.05) is 12.1 Å². The molecule has 0 saturated heterocycles. The van der Waals surface area contributed by atoms with Gasteiger partial charge in [-0.1, -0.05) is 24.6 Å². The van der Waals surface area contributed by atoms with Gasteiger partial charge < -0.3 is 16.0 Å². The van der Waals surface area contributed by atoms with Crippen LogP contribution in [0.4, 0.5) is 11.4 Å². The van der Waals surface area contributed by atoms with Gasteiger partial charge >= 0.3 is 0 Å². The zero-order valence-electron chi connectivity index (χ0n) is 10.9. The number of nitrogens with one attached hydrogen (secondary N) is 1. The smallest absolute Gasteiger partial charge is 0.245 e. The topological polar surface area (TPSA) is 58.4 Å². The maximum atomic E-state index is 11.6. The van der Waals surface area contributed by atoms with Crippen LogP contribution in [0.2, 0.25) is 5.02 Å². The van der Waals surface area contributed by atoms with Gasteiger partial charge in [0.05, 0.1) is 10.7 Å². The van der Waals surface area contributed by atoms with E-state index < -0.39 is 6.04 Å². The summed E-state index contributed by atoms with van der Waals surface area (Å²) in [5.41, 5.74) is 8.21. The highest BCUT2D eigenvalue weighted by atomic mass is 35.5. The molecule has 102 valence electrons. The maximum absolute atomic E-state index is 11.6. The fourth-order valence-electron chi connectivity index (χ4n) is 2.27. The highest BCUT2D eigenvalue weighted by Gasteiger charge is 2.28. The third-order valence-electron chi connectivity index (χ3n) is 3.18. The average Bonchev–Trinajstić information content (AvgIpc) is 2.64. The van der Waals surface area contributed by atoms with Crippen molar-refractivity contribution in [2.45, 2.75) is 19.4 Å². The standard InChI is InChI=1S/C14H18ClN3O/c1-3-5-18(6-4-2)12-8-11-9(7-10(12)15)13(16)14(19)17-11/h3,7-8,13H,1,4-6,16H2,2H3,(H,17,19). The summed E-state index contributed by atoms with van der Waals surface area (Å²) in [6.07, 6.45) is 2.84. The Morgan fingerprint density at radius 1 is 1.58 bits per heavy atom. The van der Waals surface area contributed by atoms with Crippen LogP contribution in [0, 0.1) is 0 Å². The number of halogens is 1. The largest absolute Gasteiger partial charge is 0.367 e. The molecule has 1 heterocycles. The molecule has 0 radical (unpaired) electrons. The van der Waals surface area contributed by atoms with Gasteiger partial charge in [0.2, 0.25) is 5.91 Å². The van der Waals surface area contributed by atoms with Gasteiger partial charge in [-0.15, -0.1) is 6.58 Å². The molecule has 0 saturated carbocycles. The summed E-state index contributed by atoms with van der Waals surface area (Å²) in [7, 11) is 0. The third kappa shape index (κ3) is 2.60. The normalized spacial score (nSPS) is 17.0. The predicted molar refractivity (Wildman–Crippen MR) is 79.7 cm³/mol. The monoisotopic (exact) mass is 279 g/mol. The molecular weight excluding hydrogens is 262 g/mol. The second-order valence-corrected chi connectivity index (χ2v) is 5.00. The first-order chi connectivity index (χ1) is 9.08. The quantitative estimate of drug-likeness (QED) is 0.815. The zero-order chi connectivity index (χ0) is 14.0. The number of carbonyl (C=O) groups is 1. The SMILES string of the molecule is C=CCN(CCC)c1cc2c(cc1Cl)C(N)C(=O)N2. The van der Waals surface area contributed by atoms with E-state index in [2.05, 4.69) is 23.7 Å². The number of hydrogen-bond acceptors (Lipinski definition) is 3. The average molecular weight is 280 g/mol. The van der Waals surface area contributed by atoms with Gasteiger partial charge in [0.1, 0.15) is 6.04 Å². The molecule has 3 N–H and O–H groups in total. The summed E-state index contributed by atoms with van der Waals surface area (Å²) in [5.74, 6) is -0.186. The molecule has 0 fully saturated rings. The van der Waals surface area contributed by atoms with Crippen molar-refractivity contribution in [1.82, 2.24) is 0 Å². The van der Waals surface area contributed by atoms with Crippen LogP contribution in [0.5, 0.6) is 0 Å². The number of hydrogen-bond donors (Lipinski definition) is 2. The van der Waals surface area contributed by atoms with Crippen LogP contribution in [0.25, 0.3) is 0 Å². The van der Waals surface area contributed by atoms with Gasteiger partial charge in [0.15, 0.2) is 0 Å². The molecule has 2 rings (SSSR count). The van der Waals surface area contributed by atoms with Crippen molar-refractivity contribution in [1.29, 1.82) is 0 Å². The molecule has 19 heavy (non-hydrogen) atoms. The third-order valence-corrected chi connectivity index (χ3v) is 3.48. The number of carbonyl (C=O) groups excluding carboxylic acids is 1. The summed E-state index contributed by atoms with van der Waals surface area (Å²) in [4.78, 5) is 13.7. The van der Waals surface area contributed by atoms with Gasteiger partial charge in [0.25, 0.3) is 0 Å². The van der Waals surface area contributed by atoms with Crippen molar-refractivity contribution in [2.24, 2.45) is 5.73 Å². The molecule has 5 heteroatoms. The number of benzene rings is 1. The van der Waals surface area contributed by atoms with E-state index in [4.69, 9.17) is 17.3 Å². The minimum absolute atomic E-state index is 0.186. The summed E-state index contributed by atoms with van der Waals surface area (Å²) >= 11 is 6.32. The highest BCUT2D eigenvalue weighted by molar-refractivity contribution is 6.33. The number of anilines is 2. The molecule has 0 aromatic heterocycles. The van der Waals surface area contributed by atoms with E-state index in [1.54, 1.807) is 6.07 Å². The molecule has 1 aliphatic heterocycles. The fourth-order valence-corrected chi connectivity index (χ4v) is 2.56. The van der Waals surface area contributed by atoms with Crippen molar-refractivity contribution in [3.63, 3.8) is 0 Å². The Kier molecular flexibility index (Phi) is 4.12. The second kappa shape index (κ2) is 5.63. The lowest BCUT2D eigenvalue weighted by Crippen LogP contribution is -2.24. The number of rotatable bonds is 5. The lowest BCUT2D eigenvalue weighted by molar-refractivity contribution is -0.116. The molecule has 0 spiro atoms. The van der Waals surface area contributed by atoms with Crippen LogP contribution in [0.1, 0.15) is 24.9 Å². The van der Waals surface area contributed by atoms with Crippen LogP contribution in [-0.4, -0.2) is 19.0 Å². The first-order valence-corrected chi connectivity index (χ1v) is 6.72. The molecule has 1 atom stereocenters. The minimum atomic E-state index is -0.624. The van der Waals surface area contributed by atoms with E-state index in [1.165, 1.54) is 0 Å². The molecule has 1 aromatic rings. The van der Waals surface area contributed by atoms with Crippen molar-refractivity contribution < 1.29 is 4.79 Å². The van der Waals surface area contributed by atoms with E-state index >= 15 is 0 Å². The van der Waals surface area contributed by atoms with Crippen LogP contribution in [0.15, 0.2) is 24.8 Å². The Labute approximate surface area is 118 Å². The highest BCUT2D eigenvalue weighted by Crippen LogP contribution is 2.38. The number of amides is 1. The first kappa shape index (κ1) is 13.9. The van der Waals surface area contributed by atoms with E-state index in [-0.39, 0.29) is 5.91 Å². The van der Waals surface area contributed by atoms with E-state index in [0.29, 0.717) is 11.6 Å². The van der Waals surface area contributed by atoms with Crippen molar-refractivity contribution in [2.75, 3.05) is 23.3 Å². The Balaban J connectivity index is 2.40. The van der Waals surface area contributed by atoms with Gasteiger partial charge in [-0.2, -0.15) is 0 Å². The summed E-state index contributed by atoms with van der Waals surface area (Å²) < 4.78 is 0. The first-order valence-electron chi connectivity index (χ1n) is 6.34. The Hall–Kier alpha value is -1.52. The Morgan fingerprint density at radius 2 is 2.32 bits per heavy atom. The molecule has 4 nitrogen and oxygen atoms in total. The van der Waals surface area contributed by atoms with Gasteiger partial charge in [-0.05, 0) is 18.6 Å². The van der Waals surface area contributed by atoms with Crippen LogP contribution >= 0.6 is 11.6 Å². The van der Waals surface area contributed by atoms with E-state index in [0.717, 1.165) is 29.9 Å². The van der Waals surface area contributed by atoms with Crippen LogP contribution < -0.4 is 16.0 Å². The lowest BCUT2D eigenvalue weighted by Gasteiger charge is -2.24. The molecule has 1 unspecified atom stereocenters. The minimum Gasteiger partial charge on any atom is -0.367 e. The number of fused-ring (bicyclic) bond motifs is 1. The maximum Gasteiger partial charge on any atom is 0.245 e. The van der Waals surface area contributed by atoms with Crippen molar-refractivity contribution >= 4 is 28.9 Å². The second-order valence-electron chi connectivity index (χ2n) is 4.59. The molecule has 0 bridgehead atoms.